The minimum absolute atomic E-state index is 0. The first kappa shape index (κ1) is 11.6. The van der Waals surface area contributed by atoms with Gasteiger partial charge >= 0.3 is 6.18 Å². The Bertz CT molecular complexity index is 169. The summed E-state index contributed by atoms with van der Waals surface area (Å²) in [6.45, 7) is -0.548. The molecule has 2 nitrogen and oxygen atoms in total. The molecule has 0 unspecified atom stereocenters. The molecule has 0 radical (unpaired) electrons. The van der Waals surface area contributed by atoms with Gasteiger partial charge < -0.3 is 9.80 Å². The monoisotopic (exact) mass is 246 g/mol. The Morgan fingerprint density at radius 2 is 1.92 bits per heavy atom. The van der Waals surface area contributed by atoms with Gasteiger partial charge in [-0.3, -0.25) is 0 Å². The average Bonchev–Trinajstić information content (AvgIpc) is 2.10. The van der Waals surface area contributed by atoms with Gasteiger partial charge in [-0.25, -0.2) is 0 Å². The van der Waals surface area contributed by atoms with Crippen molar-refractivity contribution in [3.05, 3.63) is 12.4 Å². The standard InChI is InChI=1S/C6H9F3N2.BrH/c1-10-2-3-11(5-10)4-6(7,8)9;/h2-3H,4-5H2,1H3;1H. The molecule has 0 aliphatic carbocycles. The summed E-state index contributed by atoms with van der Waals surface area (Å²) in [6.07, 6.45) is -1.05. The maximum absolute atomic E-state index is 11.7. The van der Waals surface area contributed by atoms with Gasteiger partial charge in [0.05, 0.1) is 6.67 Å². The molecule has 0 bridgehead atoms. The van der Waals surface area contributed by atoms with Crippen LogP contribution in [-0.4, -0.2) is 36.2 Å². The van der Waals surface area contributed by atoms with Crippen LogP contribution in [0.25, 0.3) is 0 Å². The summed E-state index contributed by atoms with van der Waals surface area (Å²) in [5, 5.41) is 0. The van der Waals surface area contributed by atoms with E-state index in [9.17, 15) is 13.2 Å². The highest BCUT2D eigenvalue weighted by Gasteiger charge is 2.30. The van der Waals surface area contributed by atoms with Crippen molar-refractivity contribution in [1.29, 1.82) is 0 Å². The van der Waals surface area contributed by atoms with Crippen LogP contribution in [0.15, 0.2) is 12.4 Å². The van der Waals surface area contributed by atoms with E-state index in [-0.39, 0.29) is 17.0 Å². The maximum atomic E-state index is 11.7. The number of rotatable bonds is 1. The highest BCUT2D eigenvalue weighted by Crippen LogP contribution is 2.18. The summed E-state index contributed by atoms with van der Waals surface area (Å²) >= 11 is 0. The largest absolute Gasteiger partial charge is 0.405 e. The van der Waals surface area contributed by atoms with E-state index in [2.05, 4.69) is 0 Å². The highest BCUT2D eigenvalue weighted by molar-refractivity contribution is 8.93. The summed E-state index contributed by atoms with van der Waals surface area (Å²) in [5.41, 5.74) is 0. The third kappa shape index (κ3) is 3.85. The number of alkyl halides is 3. The van der Waals surface area contributed by atoms with Gasteiger partial charge in [-0.05, 0) is 0 Å². The van der Waals surface area contributed by atoms with Crippen molar-refractivity contribution in [1.82, 2.24) is 9.80 Å². The van der Waals surface area contributed by atoms with Gasteiger partial charge in [0.1, 0.15) is 6.54 Å². The molecule has 0 amide bonds. The van der Waals surface area contributed by atoms with Gasteiger partial charge in [0.2, 0.25) is 0 Å². The molecule has 0 aromatic rings. The van der Waals surface area contributed by atoms with Crippen molar-refractivity contribution < 1.29 is 13.2 Å². The molecule has 6 heteroatoms. The predicted molar refractivity (Wildman–Crippen MR) is 44.9 cm³/mol. The zero-order chi connectivity index (χ0) is 8.48. The zero-order valence-electron chi connectivity index (χ0n) is 6.51. The molecule has 0 spiro atoms. The second-order valence-corrected chi connectivity index (χ2v) is 2.56. The average molecular weight is 247 g/mol. The smallest absolute Gasteiger partial charge is 0.362 e. The summed E-state index contributed by atoms with van der Waals surface area (Å²) in [6, 6.07) is 0. The molecule has 72 valence electrons. The number of hydrogen-bond donors (Lipinski definition) is 0. The van der Waals surface area contributed by atoms with E-state index in [4.69, 9.17) is 0 Å². The summed E-state index contributed by atoms with van der Waals surface area (Å²) in [5.74, 6) is 0. The predicted octanol–water partition coefficient (Wildman–Crippen LogP) is 1.80. The summed E-state index contributed by atoms with van der Waals surface area (Å²) < 4.78 is 35.2. The summed E-state index contributed by atoms with van der Waals surface area (Å²) in [7, 11) is 1.73. The number of nitrogens with zero attached hydrogens (tertiary/aromatic N) is 2. The Morgan fingerprint density at radius 1 is 1.33 bits per heavy atom. The lowest BCUT2D eigenvalue weighted by Crippen LogP contribution is -2.32. The van der Waals surface area contributed by atoms with Crippen molar-refractivity contribution in [2.45, 2.75) is 6.18 Å². The van der Waals surface area contributed by atoms with Crippen LogP contribution in [0.2, 0.25) is 0 Å². The van der Waals surface area contributed by atoms with Gasteiger partial charge in [-0.15, -0.1) is 17.0 Å². The zero-order valence-corrected chi connectivity index (χ0v) is 8.22. The topological polar surface area (TPSA) is 6.48 Å². The van der Waals surface area contributed by atoms with Gasteiger partial charge in [0, 0.05) is 19.4 Å². The van der Waals surface area contributed by atoms with E-state index in [1.807, 2.05) is 0 Å². The quantitative estimate of drug-likeness (QED) is 0.697. The van der Waals surface area contributed by atoms with Crippen molar-refractivity contribution in [3.8, 4) is 0 Å². The highest BCUT2D eigenvalue weighted by atomic mass is 79.9. The van der Waals surface area contributed by atoms with Crippen LogP contribution in [0.3, 0.4) is 0 Å². The Balaban J connectivity index is 0.00000121. The van der Waals surface area contributed by atoms with Gasteiger partial charge in [0.15, 0.2) is 0 Å². The SMILES string of the molecule is Br.CN1C=CN(CC(F)(F)F)C1. The molecule has 1 aliphatic rings. The fourth-order valence-corrected chi connectivity index (χ4v) is 0.922. The van der Waals surface area contributed by atoms with Crippen LogP contribution < -0.4 is 0 Å². The Hall–Kier alpha value is -0.390. The molecule has 0 N–H and O–H groups in total. The van der Waals surface area contributed by atoms with Crippen LogP contribution in [0, 0.1) is 0 Å². The fourth-order valence-electron chi connectivity index (χ4n) is 0.922. The number of halogens is 4. The molecule has 0 atom stereocenters. The van der Waals surface area contributed by atoms with Gasteiger partial charge in [-0.2, -0.15) is 13.2 Å². The van der Waals surface area contributed by atoms with E-state index < -0.39 is 12.7 Å². The first-order valence-electron chi connectivity index (χ1n) is 3.17. The van der Waals surface area contributed by atoms with Crippen molar-refractivity contribution in [3.63, 3.8) is 0 Å². The fraction of sp³-hybridized carbons (Fsp3) is 0.667. The number of hydrogen-bond acceptors (Lipinski definition) is 2. The lowest BCUT2D eigenvalue weighted by atomic mass is 10.6. The van der Waals surface area contributed by atoms with Crippen molar-refractivity contribution >= 4 is 17.0 Å². The Labute approximate surface area is 79.4 Å². The molecular formula is C6H10BrF3N2. The van der Waals surface area contributed by atoms with E-state index in [0.717, 1.165) is 0 Å². The second kappa shape index (κ2) is 4.02. The third-order valence-corrected chi connectivity index (χ3v) is 1.32. The van der Waals surface area contributed by atoms with Crippen LogP contribution >= 0.6 is 17.0 Å². The normalized spacial score (nSPS) is 16.7. The first-order chi connectivity index (χ1) is 4.97. The van der Waals surface area contributed by atoms with Crippen molar-refractivity contribution in [2.24, 2.45) is 0 Å². The van der Waals surface area contributed by atoms with Crippen LogP contribution in [0.4, 0.5) is 13.2 Å². The Morgan fingerprint density at radius 3 is 2.25 bits per heavy atom. The van der Waals surface area contributed by atoms with Crippen LogP contribution in [-0.2, 0) is 0 Å². The molecular weight excluding hydrogens is 237 g/mol. The Kier molecular flexibility index (Phi) is 3.89. The molecule has 0 saturated heterocycles. The lowest BCUT2D eigenvalue weighted by molar-refractivity contribution is -0.141. The van der Waals surface area contributed by atoms with E-state index in [1.54, 1.807) is 18.1 Å². The van der Waals surface area contributed by atoms with E-state index >= 15 is 0 Å². The minimum Gasteiger partial charge on any atom is -0.362 e. The first-order valence-corrected chi connectivity index (χ1v) is 3.17. The van der Waals surface area contributed by atoms with E-state index in [0.29, 0.717) is 6.67 Å². The molecule has 1 heterocycles. The lowest BCUT2D eigenvalue weighted by Gasteiger charge is -2.19. The molecule has 0 aromatic carbocycles. The molecule has 0 fully saturated rings. The van der Waals surface area contributed by atoms with Gasteiger partial charge in [-0.1, -0.05) is 0 Å². The molecule has 1 rings (SSSR count). The summed E-state index contributed by atoms with van der Waals surface area (Å²) in [4.78, 5) is 2.89. The van der Waals surface area contributed by atoms with Crippen LogP contribution in [0.5, 0.6) is 0 Å². The molecule has 0 saturated carbocycles. The second-order valence-electron chi connectivity index (χ2n) is 2.56. The van der Waals surface area contributed by atoms with Crippen LogP contribution in [0.1, 0.15) is 0 Å². The van der Waals surface area contributed by atoms with Gasteiger partial charge in [0.25, 0.3) is 0 Å². The van der Waals surface area contributed by atoms with Crippen molar-refractivity contribution in [2.75, 3.05) is 20.3 Å². The maximum Gasteiger partial charge on any atom is 0.405 e. The van der Waals surface area contributed by atoms with E-state index in [1.165, 1.54) is 11.1 Å². The molecule has 12 heavy (non-hydrogen) atoms. The molecule has 0 aromatic heterocycles. The minimum atomic E-state index is -4.10. The molecule has 1 aliphatic heterocycles. The third-order valence-electron chi connectivity index (χ3n) is 1.32.